The van der Waals surface area contributed by atoms with Gasteiger partial charge in [-0.05, 0) is 37.2 Å². The number of nitro groups is 1. The lowest BCUT2D eigenvalue weighted by atomic mass is 10.0. The Bertz CT molecular complexity index is 729. The van der Waals surface area contributed by atoms with Gasteiger partial charge in [-0.2, -0.15) is 0 Å². The average Bonchev–Trinajstić information content (AvgIpc) is 2.62. The first-order valence-corrected chi connectivity index (χ1v) is 8.50. The molecule has 0 aromatic heterocycles. The molecule has 0 aliphatic carbocycles. The average molecular weight is 357 g/mol. The molecule has 0 spiro atoms. The molecule has 0 atom stereocenters. The van der Waals surface area contributed by atoms with Gasteiger partial charge in [0.15, 0.2) is 10.8 Å². The molecule has 0 heterocycles. The van der Waals surface area contributed by atoms with Crippen LogP contribution in [0, 0.1) is 10.1 Å². The van der Waals surface area contributed by atoms with Crippen molar-refractivity contribution in [2.24, 2.45) is 0 Å². The molecule has 2 aromatic carbocycles. The molecular formula is C19H19NO4S. The molecule has 2 rings (SSSR count). The standard InChI is InChI=1S/C19H19NO4S/c21-18(15-7-3-1-4-8-15)9-5-2-6-10-19(25)24-17-13-11-16(12-14-17)20(22)23/h1,3-4,7-8,11-14H,2,5-6,9-10H2. The van der Waals surface area contributed by atoms with Gasteiger partial charge < -0.3 is 4.74 Å². The van der Waals surface area contributed by atoms with Gasteiger partial charge in [0.25, 0.3) is 5.69 Å². The van der Waals surface area contributed by atoms with Crippen LogP contribution in [0.4, 0.5) is 5.69 Å². The number of rotatable bonds is 9. The highest BCUT2D eigenvalue weighted by Gasteiger charge is 2.07. The molecule has 130 valence electrons. The van der Waals surface area contributed by atoms with E-state index in [0.29, 0.717) is 23.6 Å². The molecule has 2 aromatic rings. The van der Waals surface area contributed by atoms with Gasteiger partial charge >= 0.3 is 0 Å². The van der Waals surface area contributed by atoms with E-state index in [1.165, 1.54) is 24.3 Å². The lowest BCUT2D eigenvalue weighted by Gasteiger charge is -2.07. The summed E-state index contributed by atoms with van der Waals surface area (Å²) < 4.78 is 5.49. The van der Waals surface area contributed by atoms with E-state index in [2.05, 4.69) is 0 Å². The van der Waals surface area contributed by atoms with E-state index in [9.17, 15) is 14.9 Å². The van der Waals surface area contributed by atoms with Gasteiger partial charge in [0.1, 0.15) is 5.75 Å². The van der Waals surface area contributed by atoms with Gasteiger partial charge in [0.2, 0.25) is 0 Å². The highest BCUT2D eigenvalue weighted by molar-refractivity contribution is 7.80. The lowest BCUT2D eigenvalue weighted by Crippen LogP contribution is -2.05. The number of nitro benzene ring substituents is 1. The van der Waals surface area contributed by atoms with Crippen molar-refractivity contribution < 1.29 is 14.5 Å². The summed E-state index contributed by atoms with van der Waals surface area (Å²) in [4.78, 5) is 22.1. The number of carbonyl (C=O) groups excluding carboxylic acids is 1. The number of ether oxygens (including phenoxy) is 1. The smallest absolute Gasteiger partial charge is 0.269 e. The highest BCUT2D eigenvalue weighted by atomic mass is 32.1. The monoisotopic (exact) mass is 357 g/mol. The molecule has 0 fully saturated rings. The first-order chi connectivity index (χ1) is 12.1. The van der Waals surface area contributed by atoms with Gasteiger partial charge in [-0.1, -0.05) is 36.8 Å². The maximum absolute atomic E-state index is 12.0. The Balaban J connectivity index is 1.64. The van der Waals surface area contributed by atoms with E-state index in [-0.39, 0.29) is 11.5 Å². The number of hydrogen-bond acceptors (Lipinski definition) is 5. The molecule has 0 bridgehead atoms. The number of non-ortho nitro benzene ring substituents is 1. The van der Waals surface area contributed by atoms with Crippen LogP contribution >= 0.6 is 12.2 Å². The van der Waals surface area contributed by atoms with Crippen LogP contribution in [0.2, 0.25) is 0 Å². The summed E-state index contributed by atoms with van der Waals surface area (Å²) in [6.07, 6.45) is 3.69. The molecule has 0 radical (unpaired) electrons. The third-order valence-corrected chi connectivity index (χ3v) is 3.95. The number of carbonyl (C=O) groups is 1. The second-order valence-corrected chi connectivity index (χ2v) is 6.03. The van der Waals surface area contributed by atoms with Crippen molar-refractivity contribution >= 4 is 28.7 Å². The van der Waals surface area contributed by atoms with E-state index in [4.69, 9.17) is 17.0 Å². The van der Waals surface area contributed by atoms with Gasteiger partial charge in [0, 0.05) is 30.5 Å². The predicted molar refractivity (Wildman–Crippen MR) is 100 cm³/mol. The van der Waals surface area contributed by atoms with Crippen LogP contribution in [0.1, 0.15) is 42.5 Å². The number of thiocarbonyl (C=S) groups is 1. The zero-order valence-corrected chi connectivity index (χ0v) is 14.5. The summed E-state index contributed by atoms with van der Waals surface area (Å²) in [6.45, 7) is 0. The Kier molecular flexibility index (Phi) is 7.22. The molecule has 0 saturated heterocycles. The van der Waals surface area contributed by atoms with E-state index in [1.54, 1.807) is 0 Å². The SMILES string of the molecule is O=C(CCCCCC(=S)Oc1ccc([N+](=O)[O-])cc1)c1ccccc1. The maximum atomic E-state index is 12.0. The summed E-state index contributed by atoms with van der Waals surface area (Å²) in [5.74, 6) is 0.653. The fourth-order valence-electron chi connectivity index (χ4n) is 2.32. The quantitative estimate of drug-likeness (QED) is 0.204. The zero-order chi connectivity index (χ0) is 18.1. The first-order valence-electron chi connectivity index (χ1n) is 8.09. The number of hydrogen-bond donors (Lipinski definition) is 0. The van der Waals surface area contributed by atoms with Gasteiger partial charge in [0.05, 0.1) is 4.92 Å². The molecule has 5 nitrogen and oxygen atoms in total. The number of unbranched alkanes of at least 4 members (excludes halogenated alkanes) is 2. The largest absolute Gasteiger partial charge is 0.450 e. The second-order valence-electron chi connectivity index (χ2n) is 5.57. The van der Waals surface area contributed by atoms with E-state index < -0.39 is 4.92 Å². The van der Waals surface area contributed by atoms with Crippen molar-refractivity contribution in [3.8, 4) is 5.75 Å². The van der Waals surface area contributed by atoms with Crippen LogP contribution in [0.15, 0.2) is 54.6 Å². The van der Waals surface area contributed by atoms with Crippen molar-refractivity contribution in [3.05, 3.63) is 70.3 Å². The Hall–Kier alpha value is -2.60. The maximum Gasteiger partial charge on any atom is 0.269 e. The van der Waals surface area contributed by atoms with Gasteiger partial charge in [-0.15, -0.1) is 0 Å². The van der Waals surface area contributed by atoms with E-state index >= 15 is 0 Å². The Morgan fingerprint density at radius 3 is 2.24 bits per heavy atom. The summed E-state index contributed by atoms with van der Waals surface area (Å²) in [6, 6.07) is 15.1. The van der Waals surface area contributed by atoms with Crippen LogP contribution in [0.3, 0.4) is 0 Å². The topological polar surface area (TPSA) is 69.4 Å². The highest BCUT2D eigenvalue weighted by Crippen LogP contribution is 2.18. The van der Waals surface area contributed by atoms with E-state index in [1.807, 2.05) is 30.3 Å². The summed E-state index contributed by atoms with van der Waals surface area (Å²) >= 11 is 5.18. The second kappa shape index (κ2) is 9.64. The molecular weight excluding hydrogens is 338 g/mol. The zero-order valence-electron chi connectivity index (χ0n) is 13.7. The van der Waals surface area contributed by atoms with Crippen LogP contribution in [-0.4, -0.2) is 15.8 Å². The minimum Gasteiger partial charge on any atom is -0.450 e. The lowest BCUT2D eigenvalue weighted by molar-refractivity contribution is -0.384. The third kappa shape index (κ3) is 6.43. The van der Waals surface area contributed by atoms with Crippen molar-refractivity contribution in [2.75, 3.05) is 0 Å². The third-order valence-electron chi connectivity index (χ3n) is 3.66. The van der Waals surface area contributed by atoms with Crippen LogP contribution in [0.25, 0.3) is 0 Å². The number of nitrogens with zero attached hydrogens (tertiary/aromatic N) is 1. The van der Waals surface area contributed by atoms with Crippen LogP contribution in [0.5, 0.6) is 5.75 Å². The molecule has 0 saturated carbocycles. The van der Waals surface area contributed by atoms with Gasteiger partial charge in [-0.3, -0.25) is 14.9 Å². The number of ketones is 1. The minimum atomic E-state index is -0.459. The Morgan fingerprint density at radius 2 is 1.60 bits per heavy atom. The number of benzene rings is 2. The molecule has 6 heteroatoms. The summed E-state index contributed by atoms with van der Waals surface area (Å²) in [7, 11) is 0. The van der Waals surface area contributed by atoms with Crippen molar-refractivity contribution in [2.45, 2.75) is 32.1 Å². The fraction of sp³-hybridized carbons (Fsp3) is 0.263. The molecule has 25 heavy (non-hydrogen) atoms. The Labute approximate surface area is 151 Å². The van der Waals surface area contributed by atoms with Crippen LogP contribution in [-0.2, 0) is 0 Å². The van der Waals surface area contributed by atoms with Crippen LogP contribution < -0.4 is 4.74 Å². The Morgan fingerprint density at radius 1 is 0.960 bits per heavy atom. The minimum absolute atomic E-state index is 0.0151. The van der Waals surface area contributed by atoms with E-state index in [0.717, 1.165) is 24.8 Å². The molecule has 0 aliphatic rings. The summed E-state index contributed by atoms with van der Waals surface area (Å²) in [5.41, 5.74) is 0.765. The molecule has 0 amide bonds. The fourth-order valence-corrected chi connectivity index (χ4v) is 2.56. The molecule has 0 aliphatic heterocycles. The molecule has 0 unspecified atom stereocenters. The normalized spacial score (nSPS) is 10.2. The molecule has 0 N–H and O–H groups in total. The van der Waals surface area contributed by atoms with Crippen molar-refractivity contribution in [1.82, 2.24) is 0 Å². The van der Waals surface area contributed by atoms with Crippen molar-refractivity contribution in [1.29, 1.82) is 0 Å². The number of Topliss-reactive ketones (excluding diaryl/α,β-unsaturated/α-hetero) is 1. The predicted octanol–water partition coefficient (Wildman–Crippen LogP) is 5.13. The first kappa shape index (κ1) is 18.7. The van der Waals surface area contributed by atoms with Crippen molar-refractivity contribution in [3.63, 3.8) is 0 Å². The van der Waals surface area contributed by atoms with Gasteiger partial charge in [-0.25, -0.2) is 0 Å². The summed E-state index contributed by atoms with van der Waals surface area (Å²) in [5, 5.41) is 11.0.